The van der Waals surface area contributed by atoms with Gasteiger partial charge in [0.05, 0.1) is 11.5 Å². The zero-order valence-corrected chi connectivity index (χ0v) is 8.88. The molecular formula is C12H12ClN. The quantitative estimate of drug-likeness (QED) is 0.688. The Balaban J connectivity index is 2.43. The van der Waals surface area contributed by atoms with Gasteiger partial charge in [0.1, 0.15) is 0 Å². The molecule has 1 aromatic carbocycles. The van der Waals surface area contributed by atoms with Crippen LogP contribution in [-0.4, -0.2) is 0 Å². The third-order valence-electron chi connectivity index (χ3n) is 3.35. The number of hydrogen-bond donors (Lipinski definition) is 0. The van der Waals surface area contributed by atoms with Gasteiger partial charge in [0.25, 0.3) is 0 Å². The summed E-state index contributed by atoms with van der Waals surface area (Å²) in [6.07, 6.45) is 2.10. The molecule has 1 aromatic rings. The fourth-order valence-corrected chi connectivity index (χ4v) is 2.34. The van der Waals surface area contributed by atoms with Gasteiger partial charge >= 0.3 is 0 Å². The summed E-state index contributed by atoms with van der Waals surface area (Å²) in [5, 5.41) is 9.98. The van der Waals surface area contributed by atoms with Crippen LogP contribution < -0.4 is 0 Å². The van der Waals surface area contributed by atoms with Crippen molar-refractivity contribution < 1.29 is 0 Å². The molecule has 0 radical (unpaired) electrons. The molecule has 14 heavy (non-hydrogen) atoms. The molecular weight excluding hydrogens is 194 g/mol. The van der Waals surface area contributed by atoms with Crippen LogP contribution in [0.4, 0.5) is 0 Å². The Bertz CT molecular complexity index is 394. The highest BCUT2D eigenvalue weighted by atomic mass is 35.5. The number of nitrogens with zero attached hydrogens (tertiary/aromatic N) is 1. The maximum Gasteiger partial charge on any atom is 0.0848 e. The van der Waals surface area contributed by atoms with Crippen molar-refractivity contribution in [1.82, 2.24) is 0 Å². The van der Waals surface area contributed by atoms with Crippen LogP contribution in [0.1, 0.15) is 25.3 Å². The Hall–Kier alpha value is -1.00. The fraction of sp³-hybridized carbons (Fsp3) is 0.417. The molecule has 2 heteroatoms. The second-order valence-corrected chi connectivity index (χ2v) is 4.47. The van der Waals surface area contributed by atoms with Crippen LogP contribution in [0.5, 0.6) is 0 Å². The van der Waals surface area contributed by atoms with Gasteiger partial charge in [-0.1, -0.05) is 30.7 Å². The van der Waals surface area contributed by atoms with E-state index in [4.69, 9.17) is 11.6 Å². The van der Waals surface area contributed by atoms with Crippen LogP contribution in [0.25, 0.3) is 0 Å². The minimum atomic E-state index is -0.273. The monoisotopic (exact) mass is 205 g/mol. The standard InChI is InChI=1S/C12H12ClN/c1-9-5-6-12(9,8-14)10-3-2-4-11(13)7-10/h2-4,7,9H,5-6H2,1H3. The molecule has 0 saturated heterocycles. The number of rotatable bonds is 1. The Morgan fingerprint density at radius 3 is 2.79 bits per heavy atom. The van der Waals surface area contributed by atoms with Crippen LogP contribution in [0.3, 0.4) is 0 Å². The van der Waals surface area contributed by atoms with Crippen molar-refractivity contribution in [1.29, 1.82) is 5.26 Å². The van der Waals surface area contributed by atoms with Crippen molar-refractivity contribution in [2.45, 2.75) is 25.2 Å². The Morgan fingerprint density at radius 1 is 1.57 bits per heavy atom. The van der Waals surface area contributed by atoms with Crippen molar-refractivity contribution >= 4 is 11.6 Å². The molecule has 0 bridgehead atoms. The summed E-state index contributed by atoms with van der Waals surface area (Å²) in [7, 11) is 0. The van der Waals surface area contributed by atoms with E-state index in [2.05, 4.69) is 13.0 Å². The Labute approximate surface area is 89.3 Å². The van der Waals surface area contributed by atoms with Gasteiger partial charge in [0.15, 0.2) is 0 Å². The van der Waals surface area contributed by atoms with Crippen molar-refractivity contribution in [2.75, 3.05) is 0 Å². The zero-order valence-electron chi connectivity index (χ0n) is 8.13. The first-order valence-electron chi connectivity index (χ1n) is 4.86. The molecule has 0 aliphatic heterocycles. The van der Waals surface area contributed by atoms with Crippen LogP contribution >= 0.6 is 11.6 Å². The second-order valence-electron chi connectivity index (χ2n) is 4.03. The summed E-state index contributed by atoms with van der Waals surface area (Å²) in [5.74, 6) is 0.450. The summed E-state index contributed by atoms with van der Waals surface area (Å²) in [6.45, 7) is 2.13. The molecule has 2 unspecified atom stereocenters. The van der Waals surface area contributed by atoms with Gasteiger partial charge in [0.2, 0.25) is 0 Å². The largest absolute Gasteiger partial charge is 0.197 e. The second kappa shape index (κ2) is 3.29. The number of nitriles is 1. The van der Waals surface area contributed by atoms with E-state index in [0.717, 1.165) is 23.4 Å². The van der Waals surface area contributed by atoms with Crippen LogP contribution in [0, 0.1) is 17.2 Å². The first kappa shape index (κ1) is 9.55. The van der Waals surface area contributed by atoms with Crippen LogP contribution in [0.2, 0.25) is 5.02 Å². The molecule has 1 aliphatic carbocycles. The van der Waals surface area contributed by atoms with E-state index in [1.54, 1.807) is 0 Å². The number of halogens is 1. The molecule has 2 rings (SSSR count). The number of hydrogen-bond acceptors (Lipinski definition) is 1. The highest BCUT2D eigenvalue weighted by Crippen LogP contribution is 2.48. The van der Waals surface area contributed by atoms with Gasteiger partial charge in [-0.3, -0.25) is 0 Å². The van der Waals surface area contributed by atoms with E-state index in [1.165, 1.54) is 0 Å². The molecule has 1 nitrogen and oxygen atoms in total. The molecule has 0 spiro atoms. The first-order valence-corrected chi connectivity index (χ1v) is 5.24. The lowest BCUT2D eigenvalue weighted by molar-refractivity contribution is 0.201. The molecule has 0 heterocycles. The summed E-state index contributed by atoms with van der Waals surface area (Å²) in [5.41, 5.74) is 0.802. The molecule has 0 N–H and O–H groups in total. The van der Waals surface area contributed by atoms with E-state index in [1.807, 2.05) is 24.3 Å². The lowest BCUT2D eigenvalue weighted by Crippen LogP contribution is -2.41. The van der Waals surface area contributed by atoms with E-state index in [9.17, 15) is 5.26 Å². The maximum atomic E-state index is 9.26. The third-order valence-corrected chi connectivity index (χ3v) is 3.59. The normalized spacial score (nSPS) is 30.5. The SMILES string of the molecule is CC1CCC1(C#N)c1cccc(Cl)c1. The third kappa shape index (κ3) is 1.22. The average molecular weight is 206 g/mol. The fourth-order valence-electron chi connectivity index (χ4n) is 2.15. The van der Waals surface area contributed by atoms with E-state index < -0.39 is 0 Å². The Kier molecular flexibility index (Phi) is 2.25. The van der Waals surface area contributed by atoms with Crippen molar-refractivity contribution in [2.24, 2.45) is 5.92 Å². The molecule has 1 fully saturated rings. The Morgan fingerprint density at radius 2 is 2.36 bits per heavy atom. The minimum absolute atomic E-state index is 0.273. The predicted octanol–water partition coefficient (Wildman–Crippen LogP) is 3.53. The highest BCUT2D eigenvalue weighted by molar-refractivity contribution is 6.30. The average Bonchev–Trinajstić information content (AvgIpc) is 2.17. The van der Waals surface area contributed by atoms with Gasteiger partial charge in [-0.2, -0.15) is 5.26 Å². The van der Waals surface area contributed by atoms with E-state index >= 15 is 0 Å². The minimum Gasteiger partial charge on any atom is -0.197 e. The number of benzene rings is 1. The van der Waals surface area contributed by atoms with Gasteiger partial charge in [-0.05, 0) is 36.5 Å². The smallest absolute Gasteiger partial charge is 0.0848 e. The van der Waals surface area contributed by atoms with Gasteiger partial charge in [-0.25, -0.2) is 0 Å². The molecule has 1 saturated carbocycles. The summed E-state index contributed by atoms with van der Waals surface area (Å²) in [6, 6.07) is 10.1. The summed E-state index contributed by atoms with van der Waals surface area (Å²) in [4.78, 5) is 0. The van der Waals surface area contributed by atoms with Crippen molar-refractivity contribution in [3.05, 3.63) is 34.9 Å². The van der Waals surface area contributed by atoms with Crippen LogP contribution in [0.15, 0.2) is 24.3 Å². The van der Waals surface area contributed by atoms with Crippen molar-refractivity contribution in [3.8, 4) is 6.07 Å². The van der Waals surface area contributed by atoms with E-state index in [-0.39, 0.29) is 5.41 Å². The van der Waals surface area contributed by atoms with Crippen LogP contribution in [-0.2, 0) is 5.41 Å². The van der Waals surface area contributed by atoms with Gasteiger partial charge in [-0.15, -0.1) is 0 Å². The lowest BCUT2D eigenvalue weighted by atomic mass is 9.58. The van der Waals surface area contributed by atoms with Gasteiger partial charge < -0.3 is 0 Å². The molecule has 0 aromatic heterocycles. The van der Waals surface area contributed by atoms with E-state index in [0.29, 0.717) is 5.92 Å². The predicted molar refractivity (Wildman–Crippen MR) is 57.1 cm³/mol. The first-order chi connectivity index (χ1) is 6.69. The topological polar surface area (TPSA) is 23.8 Å². The zero-order chi connectivity index (χ0) is 10.2. The summed E-state index contributed by atoms with van der Waals surface area (Å²) >= 11 is 5.93. The molecule has 1 aliphatic rings. The lowest BCUT2D eigenvalue weighted by Gasteiger charge is -2.42. The van der Waals surface area contributed by atoms with Gasteiger partial charge in [0, 0.05) is 5.02 Å². The maximum absolute atomic E-state index is 9.26. The summed E-state index contributed by atoms with van der Waals surface area (Å²) < 4.78 is 0. The molecule has 72 valence electrons. The van der Waals surface area contributed by atoms with Crippen molar-refractivity contribution in [3.63, 3.8) is 0 Å². The molecule has 2 atom stereocenters. The highest BCUT2D eigenvalue weighted by Gasteiger charge is 2.45. The molecule has 0 amide bonds.